The number of benzene rings is 1. The lowest BCUT2D eigenvalue weighted by Gasteiger charge is -2.32. The number of halogens is 1. The number of carbonyl (C=O) groups excluding carboxylic acids is 1. The summed E-state index contributed by atoms with van der Waals surface area (Å²) in [4.78, 5) is 14.0. The number of amides is 1. The van der Waals surface area contributed by atoms with Crippen molar-refractivity contribution in [3.8, 4) is 5.75 Å². The van der Waals surface area contributed by atoms with Crippen LogP contribution >= 0.6 is 0 Å². The van der Waals surface area contributed by atoms with Crippen molar-refractivity contribution >= 4 is 5.91 Å². The molecular formula is C16H19FN4O3. The Morgan fingerprint density at radius 3 is 3.08 bits per heavy atom. The highest BCUT2D eigenvalue weighted by molar-refractivity contribution is 5.77. The zero-order valence-corrected chi connectivity index (χ0v) is 13.4. The fraction of sp³-hybridized carbons (Fsp3) is 0.438. The molecule has 0 N–H and O–H groups in total. The van der Waals surface area contributed by atoms with Gasteiger partial charge in [0, 0.05) is 13.1 Å². The molecule has 0 radical (unpaired) electrons. The van der Waals surface area contributed by atoms with Crippen LogP contribution in [0.25, 0.3) is 0 Å². The van der Waals surface area contributed by atoms with Gasteiger partial charge in [-0.2, -0.15) is 0 Å². The van der Waals surface area contributed by atoms with E-state index in [-0.39, 0.29) is 24.4 Å². The Balaban J connectivity index is 1.60. The fourth-order valence-corrected chi connectivity index (χ4v) is 2.58. The van der Waals surface area contributed by atoms with Crippen LogP contribution in [0.3, 0.4) is 0 Å². The number of morpholine rings is 1. The Morgan fingerprint density at radius 1 is 1.46 bits per heavy atom. The third-order valence-corrected chi connectivity index (χ3v) is 3.88. The van der Waals surface area contributed by atoms with Crippen molar-refractivity contribution in [2.75, 3.05) is 26.3 Å². The molecule has 24 heavy (non-hydrogen) atoms. The molecule has 1 aromatic heterocycles. The van der Waals surface area contributed by atoms with Crippen LogP contribution in [0.2, 0.25) is 0 Å². The van der Waals surface area contributed by atoms with Crippen LogP contribution in [0.15, 0.2) is 30.6 Å². The van der Waals surface area contributed by atoms with E-state index in [1.807, 2.05) is 11.5 Å². The van der Waals surface area contributed by atoms with Gasteiger partial charge in [-0.05, 0) is 19.1 Å². The molecule has 8 heteroatoms. The Labute approximate surface area is 139 Å². The monoisotopic (exact) mass is 334 g/mol. The van der Waals surface area contributed by atoms with Crippen molar-refractivity contribution in [3.63, 3.8) is 0 Å². The average Bonchev–Trinajstić information content (AvgIpc) is 3.09. The predicted octanol–water partition coefficient (Wildman–Crippen LogP) is 1.42. The fourth-order valence-electron chi connectivity index (χ4n) is 2.58. The molecule has 0 bridgehead atoms. The van der Waals surface area contributed by atoms with E-state index in [1.54, 1.807) is 23.4 Å². The highest BCUT2D eigenvalue weighted by atomic mass is 19.1. The summed E-state index contributed by atoms with van der Waals surface area (Å²) in [5.41, 5.74) is 0. The smallest absolute Gasteiger partial charge is 0.260 e. The van der Waals surface area contributed by atoms with E-state index in [4.69, 9.17) is 9.47 Å². The normalized spacial score (nSPS) is 17.8. The van der Waals surface area contributed by atoms with Gasteiger partial charge in [-0.15, -0.1) is 10.2 Å². The van der Waals surface area contributed by atoms with E-state index in [1.165, 1.54) is 12.1 Å². The zero-order valence-electron chi connectivity index (χ0n) is 13.4. The minimum absolute atomic E-state index is 0.0707. The first-order valence-corrected chi connectivity index (χ1v) is 7.83. The topological polar surface area (TPSA) is 69.5 Å². The molecule has 1 amide bonds. The number of ether oxygens (including phenoxy) is 2. The van der Waals surface area contributed by atoms with E-state index in [9.17, 15) is 9.18 Å². The van der Waals surface area contributed by atoms with Crippen LogP contribution in [0.1, 0.15) is 18.9 Å². The SMILES string of the molecule is CCn1cnnc1[C@@H]1CN(C(=O)COc2ccccc2F)CCO1. The van der Waals surface area contributed by atoms with Crippen molar-refractivity contribution in [1.29, 1.82) is 0 Å². The molecule has 7 nitrogen and oxygen atoms in total. The molecule has 1 saturated heterocycles. The molecule has 0 aliphatic carbocycles. The molecule has 0 saturated carbocycles. The maximum atomic E-state index is 13.5. The summed E-state index contributed by atoms with van der Waals surface area (Å²) in [5.74, 6) is 0.0710. The first-order valence-electron chi connectivity index (χ1n) is 7.83. The first-order chi connectivity index (χ1) is 11.7. The van der Waals surface area contributed by atoms with Gasteiger partial charge >= 0.3 is 0 Å². The number of rotatable bonds is 5. The number of carbonyl (C=O) groups is 1. The number of nitrogens with zero attached hydrogens (tertiary/aromatic N) is 4. The van der Waals surface area contributed by atoms with Gasteiger partial charge in [0.1, 0.15) is 12.4 Å². The van der Waals surface area contributed by atoms with Gasteiger partial charge in [0.2, 0.25) is 0 Å². The highest BCUT2D eigenvalue weighted by Crippen LogP contribution is 2.21. The average molecular weight is 334 g/mol. The van der Waals surface area contributed by atoms with Crippen LogP contribution in [0.4, 0.5) is 4.39 Å². The molecule has 1 fully saturated rings. The van der Waals surface area contributed by atoms with Crippen LogP contribution in [0.5, 0.6) is 5.75 Å². The molecule has 1 atom stereocenters. The largest absolute Gasteiger partial charge is 0.481 e. The highest BCUT2D eigenvalue weighted by Gasteiger charge is 2.28. The minimum atomic E-state index is -0.485. The predicted molar refractivity (Wildman–Crippen MR) is 82.9 cm³/mol. The number of hydrogen-bond donors (Lipinski definition) is 0. The lowest BCUT2D eigenvalue weighted by atomic mass is 10.2. The third-order valence-electron chi connectivity index (χ3n) is 3.88. The van der Waals surface area contributed by atoms with Crippen LogP contribution in [-0.4, -0.2) is 51.9 Å². The van der Waals surface area contributed by atoms with Gasteiger partial charge in [-0.1, -0.05) is 12.1 Å². The van der Waals surface area contributed by atoms with Crippen LogP contribution in [0, 0.1) is 5.82 Å². The van der Waals surface area contributed by atoms with Crippen molar-refractivity contribution in [3.05, 3.63) is 42.2 Å². The van der Waals surface area contributed by atoms with Gasteiger partial charge in [0.15, 0.2) is 24.0 Å². The molecule has 1 aromatic carbocycles. The van der Waals surface area contributed by atoms with Crippen molar-refractivity contribution < 1.29 is 18.7 Å². The molecule has 0 spiro atoms. The van der Waals surface area contributed by atoms with Crippen molar-refractivity contribution in [2.45, 2.75) is 19.6 Å². The number of para-hydroxylation sites is 1. The summed E-state index contributed by atoms with van der Waals surface area (Å²) >= 11 is 0. The Bertz CT molecular complexity index is 706. The summed E-state index contributed by atoms with van der Waals surface area (Å²) in [6.07, 6.45) is 1.32. The van der Waals surface area contributed by atoms with Gasteiger partial charge in [0.25, 0.3) is 5.91 Å². The Hall–Kier alpha value is -2.48. The Morgan fingerprint density at radius 2 is 2.29 bits per heavy atom. The van der Waals surface area contributed by atoms with Crippen molar-refractivity contribution in [1.82, 2.24) is 19.7 Å². The summed E-state index contributed by atoms with van der Waals surface area (Å²) in [5, 5.41) is 7.97. The van der Waals surface area contributed by atoms with Crippen LogP contribution in [-0.2, 0) is 16.1 Å². The summed E-state index contributed by atoms with van der Waals surface area (Å²) in [6, 6.07) is 6.02. The van der Waals surface area contributed by atoms with E-state index in [2.05, 4.69) is 10.2 Å². The van der Waals surface area contributed by atoms with E-state index in [0.717, 1.165) is 6.54 Å². The lowest BCUT2D eigenvalue weighted by molar-refractivity contribution is -0.141. The molecule has 2 aromatic rings. The van der Waals surface area contributed by atoms with E-state index < -0.39 is 5.82 Å². The molecule has 0 unspecified atom stereocenters. The summed E-state index contributed by atoms with van der Waals surface area (Å²) < 4.78 is 26.4. The number of hydrogen-bond acceptors (Lipinski definition) is 5. The number of aryl methyl sites for hydroxylation is 1. The first kappa shape index (κ1) is 16.4. The standard InChI is InChI=1S/C16H19FN4O3/c1-2-20-11-18-19-16(20)14-9-21(7-8-23-14)15(22)10-24-13-6-4-3-5-12(13)17/h3-6,11,14H,2,7-10H2,1H3/t14-/m0/s1. The van der Waals surface area contributed by atoms with Gasteiger partial charge in [0.05, 0.1) is 13.2 Å². The molecule has 3 rings (SSSR count). The van der Waals surface area contributed by atoms with E-state index in [0.29, 0.717) is 25.5 Å². The van der Waals surface area contributed by atoms with Crippen LogP contribution < -0.4 is 4.74 Å². The second-order valence-electron chi connectivity index (χ2n) is 5.39. The van der Waals surface area contributed by atoms with Crippen molar-refractivity contribution in [2.24, 2.45) is 0 Å². The molecule has 2 heterocycles. The summed E-state index contributed by atoms with van der Waals surface area (Å²) in [7, 11) is 0. The maximum absolute atomic E-state index is 13.5. The van der Waals surface area contributed by atoms with Gasteiger partial charge in [-0.3, -0.25) is 4.79 Å². The van der Waals surface area contributed by atoms with Gasteiger partial charge < -0.3 is 18.9 Å². The Kier molecular flexibility index (Phi) is 5.05. The zero-order chi connectivity index (χ0) is 16.9. The molecular weight excluding hydrogens is 315 g/mol. The summed E-state index contributed by atoms with van der Waals surface area (Å²) in [6.45, 7) is 3.75. The molecule has 128 valence electrons. The number of aromatic nitrogens is 3. The van der Waals surface area contributed by atoms with Gasteiger partial charge in [-0.25, -0.2) is 4.39 Å². The molecule has 1 aliphatic heterocycles. The lowest BCUT2D eigenvalue weighted by Crippen LogP contribution is -2.44. The van der Waals surface area contributed by atoms with E-state index >= 15 is 0 Å². The second kappa shape index (κ2) is 7.39. The molecule has 1 aliphatic rings. The third kappa shape index (κ3) is 3.53. The minimum Gasteiger partial charge on any atom is -0.481 e. The second-order valence-corrected chi connectivity index (χ2v) is 5.39. The quantitative estimate of drug-likeness (QED) is 0.827. The maximum Gasteiger partial charge on any atom is 0.260 e.